The van der Waals surface area contributed by atoms with Crippen molar-refractivity contribution >= 4 is 0 Å². The fourth-order valence-corrected chi connectivity index (χ4v) is 1.04. The molecule has 0 saturated heterocycles. The Hall–Kier alpha value is -1.20. The number of hydrogen-bond donors (Lipinski definition) is 0. The molecule has 0 aromatic carbocycles. The molecule has 0 bridgehead atoms. The fourth-order valence-electron chi connectivity index (χ4n) is 1.04. The van der Waals surface area contributed by atoms with Crippen LogP contribution in [0.1, 0.15) is 25.6 Å². The predicted molar refractivity (Wildman–Crippen MR) is 44.2 cm³/mol. The van der Waals surface area contributed by atoms with Gasteiger partial charge in [-0.2, -0.15) is 18.3 Å². The van der Waals surface area contributed by atoms with Crippen molar-refractivity contribution in [3.05, 3.63) is 11.8 Å². The van der Waals surface area contributed by atoms with Crippen LogP contribution in [-0.4, -0.2) is 16.9 Å². The van der Waals surface area contributed by atoms with E-state index in [-0.39, 0.29) is 11.9 Å². The fraction of sp³-hybridized carbons (Fsp3) is 0.625. The second-order valence-corrected chi connectivity index (χ2v) is 3.11. The van der Waals surface area contributed by atoms with E-state index in [1.165, 1.54) is 11.8 Å². The van der Waals surface area contributed by atoms with Crippen molar-refractivity contribution in [3.63, 3.8) is 0 Å². The number of methoxy groups -OCH3 is 1. The Kier molecular flexibility index (Phi) is 2.73. The second-order valence-electron chi connectivity index (χ2n) is 3.11. The zero-order valence-electron chi connectivity index (χ0n) is 8.09. The van der Waals surface area contributed by atoms with Gasteiger partial charge in [-0.05, 0) is 13.8 Å². The van der Waals surface area contributed by atoms with Crippen LogP contribution in [0.4, 0.5) is 13.2 Å². The van der Waals surface area contributed by atoms with Crippen LogP contribution in [0.25, 0.3) is 0 Å². The van der Waals surface area contributed by atoms with E-state index in [2.05, 4.69) is 5.10 Å². The Bertz CT molecular complexity index is 317. The summed E-state index contributed by atoms with van der Waals surface area (Å²) in [5, 5.41) is 3.42. The van der Waals surface area contributed by atoms with Gasteiger partial charge in [0.15, 0.2) is 5.69 Å². The normalized spacial score (nSPS) is 12.2. The largest absolute Gasteiger partial charge is 0.481 e. The lowest BCUT2D eigenvalue weighted by molar-refractivity contribution is -0.141. The van der Waals surface area contributed by atoms with Gasteiger partial charge in [0, 0.05) is 6.07 Å². The van der Waals surface area contributed by atoms with Crippen molar-refractivity contribution < 1.29 is 17.9 Å². The molecule has 0 fully saturated rings. The maximum atomic E-state index is 12.2. The van der Waals surface area contributed by atoms with Gasteiger partial charge in [0.25, 0.3) is 0 Å². The van der Waals surface area contributed by atoms with E-state index in [4.69, 9.17) is 4.74 Å². The molecule has 0 unspecified atom stereocenters. The number of halogens is 3. The van der Waals surface area contributed by atoms with E-state index in [0.29, 0.717) is 0 Å². The molecule has 0 atom stereocenters. The third kappa shape index (κ3) is 2.00. The molecule has 1 heterocycles. The van der Waals surface area contributed by atoms with Gasteiger partial charge >= 0.3 is 6.18 Å². The van der Waals surface area contributed by atoms with Gasteiger partial charge in [-0.3, -0.25) is 0 Å². The lowest BCUT2D eigenvalue weighted by atomic mass is 10.4. The molecule has 0 spiro atoms. The summed E-state index contributed by atoms with van der Waals surface area (Å²) in [6.07, 6.45) is -4.42. The Morgan fingerprint density at radius 3 is 2.29 bits per heavy atom. The van der Waals surface area contributed by atoms with Crippen molar-refractivity contribution in [2.24, 2.45) is 0 Å². The van der Waals surface area contributed by atoms with E-state index in [0.717, 1.165) is 6.07 Å². The topological polar surface area (TPSA) is 27.1 Å². The van der Waals surface area contributed by atoms with Crippen molar-refractivity contribution in [2.45, 2.75) is 26.1 Å². The molecule has 80 valence electrons. The van der Waals surface area contributed by atoms with E-state index < -0.39 is 11.9 Å². The molecule has 0 saturated carbocycles. The van der Waals surface area contributed by atoms with Crippen molar-refractivity contribution in [1.82, 2.24) is 9.78 Å². The van der Waals surface area contributed by atoms with E-state index >= 15 is 0 Å². The summed E-state index contributed by atoms with van der Waals surface area (Å²) >= 11 is 0. The number of alkyl halides is 3. The van der Waals surface area contributed by atoms with Crippen LogP contribution in [0.3, 0.4) is 0 Å². The summed E-state index contributed by atoms with van der Waals surface area (Å²) in [5.74, 6) is 0.118. The first-order valence-corrected chi connectivity index (χ1v) is 4.07. The van der Waals surface area contributed by atoms with E-state index in [1.54, 1.807) is 13.8 Å². The van der Waals surface area contributed by atoms with E-state index in [9.17, 15) is 13.2 Å². The molecule has 0 amide bonds. The SMILES string of the molecule is COc1cc(C(F)(F)F)nn1C(C)C. The van der Waals surface area contributed by atoms with Crippen molar-refractivity contribution in [1.29, 1.82) is 0 Å². The number of rotatable bonds is 2. The number of aromatic nitrogens is 2. The summed E-state index contributed by atoms with van der Waals surface area (Å²) in [5.41, 5.74) is -0.928. The van der Waals surface area contributed by atoms with Crippen LogP contribution in [0.2, 0.25) is 0 Å². The summed E-state index contributed by atoms with van der Waals surface area (Å²) < 4.78 is 42.7. The van der Waals surface area contributed by atoms with Gasteiger partial charge in [-0.15, -0.1) is 0 Å². The second kappa shape index (κ2) is 3.51. The van der Waals surface area contributed by atoms with Gasteiger partial charge in [-0.1, -0.05) is 0 Å². The molecule has 0 aliphatic carbocycles. The summed E-state index contributed by atoms with van der Waals surface area (Å²) in [7, 11) is 1.32. The quantitative estimate of drug-likeness (QED) is 0.746. The van der Waals surface area contributed by atoms with Crippen LogP contribution in [0.15, 0.2) is 6.07 Å². The molecule has 0 radical (unpaired) electrons. The third-order valence-corrected chi connectivity index (χ3v) is 1.69. The van der Waals surface area contributed by atoms with Crippen LogP contribution >= 0.6 is 0 Å². The van der Waals surface area contributed by atoms with Gasteiger partial charge in [0.2, 0.25) is 5.88 Å². The van der Waals surface area contributed by atoms with E-state index in [1.807, 2.05) is 0 Å². The molecule has 3 nitrogen and oxygen atoms in total. The highest BCUT2D eigenvalue weighted by Crippen LogP contribution is 2.31. The Balaban J connectivity index is 3.13. The lowest BCUT2D eigenvalue weighted by Gasteiger charge is -2.08. The van der Waals surface area contributed by atoms with Gasteiger partial charge < -0.3 is 4.74 Å². The maximum Gasteiger partial charge on any atom is 0.435 e. The zero-order valence-corrected chi connectivity index (χ0v) is 8.09. The highest BCUT2D eigenvalue weighted by Gasteiger charge is 2.35. The van der Waals surface area contributed by atoms with Gasteiger partial charge in [0.05, 0.1) is 13.2 Å². The maximum absolute atomic E-state index is 12.2. The number of ether oxygens (including phenoxy) is 1. The first kappa shape index (κ1) is 10.9. The highest BCUT2D eigenvalue weighted by atomic mass is 19.4. The smallest absolute Gasteiger partial charge is 0.435 e. The molecule has 0 aliphatic heterocycles. The standard InChI is InChI=1S/C8H11F3N2O/c1-5(2)13-7(14-3)4-6(12-13)8(9,10)11/h4-5H,1-3H3. The Morgan fingerprint density at radius 2 is 2.00 bits per heavy atom. The van der Waals surface area contributed by atoms with Crippen LogP contribution in [-0.2, 0) is 6.18 Å². The minimum absolute atomic E-state index is 0.118. The Labute approximate surface area is 79.5 Å². The summed E-state index contributed by atoms with van der Waals surface area (Å²) in [4.78, 5) is 0. The number of nitrogens with zero attached hydrogens (tertiary/aromatic N) is 2. The van der Waals surface area contributed by atoms with Crippen LogP contribution in [0.5, 0.6) is 5.88 Å². The van der Waals surface area contributed by atoms with Crippen LogP contribution < -0.4 is 4.74 Å². The zero-order chi connectivity index (χ0) is 10.9. The molecule has 14 heavy (non-hydrogen) atoms. The first-order chi connectivity index (χ1) is 6.36. The number of hydrogen-bond acceptors (Lipinski definition) is 2. The van der Waals surface area contributed by atoms with Gasteiger partial charge in [-0.25, -0.2) is 4.68 Å². The third-order valence-electron chi connectivity index (χ3n) is 1.69. The molecule has 1 aromatic heterocycles. The highest BCUT2D eigenvalue weighted by molar-refractivity contribution is 5.18. The monoisotopic (exact) mass is 208 g/mol. The minimum atomic E-state index is -4.42. The predicted octanol–water partition coefficient (Wildman–Crippen LogP) is 2.49. The lowest BCUT2D eigenvalue weighted by Crippen LogP contribution is -2.09. The summed E-state index contributed by atoms with van der Waals surface area (Å²) in [6.45, 7) is 3.46. The molecule has 1 aromatic rings. The summed E-state index contributed by atoms with van der Waals surface area (Å²) in [6, 6.07) is 0.723. The molecular weight excluding hydrogens is 197 g/mol. The minimum Gasteiger partial charge on any atom is -0.481 e. The molecule has 0 N–H and O–H groups in total. The molecule has 6 heteroatoms. The average molecular weight is 208 g/mol. The van der Waals surface area contributed by atoms with Crippen molar-refractivity contribution in [3.8, 4) is 5.88 Å². The van der Waals surface area contributed by atoms with Gasteiger partial charge in [0.1, 0.15) is 0 Å². The molecule has 0 aliphatic rings. The molecular formula is C8H11F3N2O. The first-order valence-electron chi connectivity index (χ1n) is 4.07. The Morgan fingerprint density at radius 1 is 1.43 bits per heavy atom. The molecule has 1 rings (SSSR count). The van der Waals surface area contributed by atoms with Crippen molar-refractivity contribution in [2.75, 3.05) is 7.11 Å². The van der Waals surface area contributed by atoms with Crippen LogP contribution in [0, 0.1) is 0 Å². The average Bonchev–Trinajstić information content (AvgIpc) is 2.45.